The maximum atomic E-state index is 12.0. The summed E-state index contributed by atoms with van der Waals surface area (Å²) in [5.41, 5.74) is 5.68. The number of nitrogens with one attached hydrogen (secondary N) is 1. The van der Waals surface area contributed by atoms with Crippen LogP contribution in [0.25, 0.3) is 0 Å². The Bertz CT molecular complexity index is 756. The lowest BCUT2D eigenvalue weighted by Gasteiger charge is -2.13. The fourth-order valence-electron chi connectivity index (χ4n) is 2.52. The summed E-state index contributed by atoms with van der Waals surface area (Å²) in [5, 5.41) is 12.4. The number of nitrogens with zero attached hydrogens (tertiary/aromatic N) is 1. The van der Waals surface area contributed by atoms with Crippen LogP contribution < -0.4 is 11.1 Å². The summed E-state index contributed by atoms with van der Waals surface area (Å²) in [5.74, 6) is -1.01. The SMILES string of the molecule is NC(=O)OCc1ccc(O)c(NC(=O)CCCCCN2C(=O)C=CC2=O)c1. The molecular weight excluding hydrogens is 354 g/mol. The first-order chi connectivity index (χ1) is 12.9. The molecule has 9 heteroatoms. The number of carbonyl (C=O) groups excluding carboxylic acids is 4. The fourth-order valence-corrected chi connectivity index (χ4v) is 2.52. The molecule has 1 aromatic carbocycles. The highest BCUT2D eigenvalue weighted by Crippen LogP contribution is 2.25. The van der Waals surface area contributed by atoms with E-state index in [1.54, 1.807) is 6.07 Å². The average Bonchev–Trinajstić information content (AvgIpc) is 2.93. The molecule has 0 aliphatic carbocycles. The first kappa shape index (κ1) is 20.0. The van der Waals surface area contributed by atoms with E-state index in [1.165, 1.54) is 24.3 Å². The van der Waals surface area contributed by atoms with Crippen LogP contribution in [0.15, 0.2) is 30.4 Å². The molecule has 0 spiro atoms. The molecule has 144 valence electrons. The number of ether oxygens (including phenoxy) is 1. The Labute approximate surface area is 155 Å². The van der Waals surface area contributed by atoms with Crippen LogP contribution >= 0.6 is 0 Å². The van der Waals surface area contributed by atoms with Gasteiger partial charge in [-0.1, -0.05) is 12.5 Å². The quantitative estimate of drug-likeness (QED) is 0.339. The van der Waals surface area contributed by atoms with Crippen LogP contribution in [0, 0.1) is 0 Å². The maximum Gasteiger partial charge on any atom is 0.404 e. The summed E-state index contributed by atoms with van der Waals surface area (Å²) < 4.78 is 4.67. The van der Waals surface area contributed by atoms with Crippen molar-refractivity contribution in [3.8, 4) is 5.75 Å². The number of imide groups is 1. The van der Waals surface area contributed by atoms with Gasteiger partial charge in [-0.3, -0.25) is 19.3 Å². The Morgan fingerprint density at radius 2 is 1.81 bits per heavy atom. The average molecular weight is 375 g/mol. The highest BCUT2D eigenvalue weighted by molar-refractivity contribution is 6.12. The molecular formula is C18H21N3O6. The summed E-state index contributed by atoms with van der Waals surface area (Å²) >= 11 is 0. The van der Waals surface area contributed by atoms with E-state index in [4.69, 9.17) is 5.73 Å². The number of primary amides is 1. The van der Waals surface area contributed by atoms with Gasteiger partial charge >= 0.3 is 6.09 Å². The van der Waals surface area contributed by atoms with E-state index >= 15 is 0 Å². The molecule has 1 heterocycles. The topological polar surface area (TPSA) is 139 Å². The van der Waals surface area contributed by atoms with Gasteiger partial charge in [0.25, 0.3) is 11.8 Å². The lowest BCUT2D eigenvalue weighted by molar-refractivity contribution is -0.136. The zero-order valence-corrected chi connectivity index (χ0v) is 14.6. The van der Waals surface area contributed by atoms with Crippen molar-refractivity contribution < 1.29 is 29.0 Å². The lowest BCUT2D eigenvalue weighted by Crippen LogP contribution is -2.30. The van der Waals surface area contributed by atoms with Crippen molar-refractivity contribution in [1.29, 1.82) is 0 Å². The first-order valence-electron chi connectivity index (χ1n) is 8.44. The zero-order valence-electron chi connectivity index (χ0n) is 14.6. The van der Waals surface area contributed by atoms with E-state index < -0.39 is 6.09 Å². The molecule has 0 fully saturated rings. The predicted molar refractivity (Wildman–Crippen MR) is 95.4 cm³/mol. The zero-order chi connectivity index (χ0) is 19.8. The van der Waals surface area contributed by atoms with Crippen LogP contribution in [-0.2, 0) is 25.7 Å². The minimum atomic E-state index is -0.915. The number of anilines is 1. The van der Waals surface area contributed by atoms with Crippen molar-refractivity contribution in [2.45, 2.75) is 32.3 Å². The molecule has 2 rings (SSSR count). The van der Waals surface area contributed by atoms with E-state index in [2.05, 4.69) is 10.1 Å². The molecule has 1 aliphatic heterocycles. The van der Waals surface area contributed by atoms with Gasteiger partial charge in [-0.25, -0.2) is 4.79 Å². The largest absolute Gasteiger partial charge is 0.506 e. The highest BCUT2D eigenvalue weighted by atomic mass is 16.5. The second-order valence-corrected chi connectivity index (χ2v) is 5.98. The van der Waals surface area contributed by atoms with Crippen molar-refractivity contribution >= 4 is 29.5 Å². The molecule has 4 N–H and O–H groups in total. The number of rotatable bonds is 9. The Kier molecular flexibility index (Phi) is 6.93. The van der Waals surface area contributed by atoms with Gasteiger partial charge in [-0.15, -0.1) is 0 Å². The number of benzene rings is 1. The summed E-state index contributed by atoms with van der Waals surface area (Å²) in [6.07, 6.45) is 3.64. The normalized spacial score (nSPS) is 13.1. The highest BCUT2D eigenvalue weighted by Gasteiger charge is 2.22. The molecule has 0 bridgehead atoms. The van der Waals surface area contributed by atoms with Crippen LogP contribution in [0.1, 0.15) is 31.2 Å². The third-order valence-corrected chi connectivity index (χ3v) is 3.90. The summed E-state index contributed by atoms with van der Waals surface area (Å²) in [6, 6.07) is 4.42. The van der Waals surface area contributed by atoms with E-state index in [9.17, 15) is 24.3 Å². The third kappa shape index (κ3) is 6.14. The van der Waals surface area contributed by atoms with Crippen LogP contribution in [0.5, 0.6) is 5.75 Å². The van der Waals surface area contributed by atoms with Crippen molar-refractivity contribution in [2.24, 2.45) is 5.73 Å². The summed E-state index contributed by atoms with van der Waals surface area (Å²) in [7, 11) is 0. The van der Waals surface area contributed by atoms with Gasteiger partial charge in [0.1, 0.15) is 12.4 Å². The molecule has 0 saturated heterocycles. The predicted octanol–water partition coefficient (Wildman–Crippen LogP) is 1.41. The molecule has 0 atom stereocenters. The maximum absolute atomic E-state index is 12.0. The van der Waals surface area contributed by atoms with Crippen LogP contribution in [-0.4, -0.2) is 40.4 Å². The molecule has 0 radical (unpaired) electrons. The second kappa shape index (κ2) is 9.37. The van der Waals surface area contributed by atoms with E-state index in [0.29, 0.717) is 31.4 Å². The Morgan fingerprint density at radius 3 is 2.48 bits per heavy atom. The minimum Gasteiger partial charge on any atom is -0.506 e. The second-order valence-electron chi connectivity index (χ2n) is 5.98. The number of phenols is 1. The van der Waals surface area contributed by atoms with Crippen LogP contribution in [0.2, 0.25) is 0 Å². The van der Waals surface area contributed by atoms with E-state index in [1.807, 2.05) is 0 Å². The number of amides is 4. The Balaban J connectivity index is 1.72. The van der Waals surface area contributed by atoms with Crippen molar-refractivity contribution in [2.75, 3.05) is 11.9 Å². The number of phenolic OH excluding ortho intramolecular Hbond substituents is 1. The standard InChI is InChI=1S/C18H21N3O6/c19-18(26)27-11-12-5-6-14(22)13(10-12)20-15(23)4-2-1-3-9-21-16(24)7-8-17(21)25/h5-8,10,22H,1-4,9,11H2,(H2,19,26)(H,20,23). The molecule has 27 heavy (non-hydrogen) atoms. The van der Waals surface area contributed by atoms with Gasteiger partial charge in [0, 0.05) is 25.1 Å². The molecule has 4 amide bonds. The first-order valence-corrected chi connectivity index (χ1v) is 8.44. The van der Waals surface area contributed by atoms with Crippen molar-refractivity contribution in [1.82, 2.24) is 4.90 Å². The fraction of sp³-hybridized carbons (Fsp3) is 0.333. The van der Waals surface area contributed by atoms with Crippen molar-refractivity contribution in [3.63, 3.8) is 0 Å². The number of aromatic hydroxyl groups is 1. The molecule has 0 unspecified atom stereocenters. The van der Waals surface area contributed by atoms with E-state index in [0.717, 1.165) is 4.90 Å². The van der Waals surface area contributed by atoms with Gasteiger partial charge < -0.3 is 20.9 Å². The Hall–Kier alpha value is -3.36. The smallest absolute Gasteiger partial charge is 0.404 e. The molecule has 0 saturated carbocycles. The Morgan fingerprint density at radius 1 is 1.11 bits per heavy atom. The number of carbonyl (C=O) groups is 4. The van der Waals surface area contributed by atoms with Gasteiger partial charge in [0.2, 0.25) is 5.91 Å². The van der Waals surface area contributed by atoms with Gasteiger partial charge in [0.15, 0.2) is 0 Å². The van der Waals surface area contributed by atoms with Crippen LogP contribution in [0.3, 0.4) is 0 Å². The third-order valence-electron chi connectivity index (χ3n) is 3.90. The van der Waals surface area contributed by atoms with Crippen molar-refractivity contribution in [3.05, 3.63) is 35.9 Å². The molecule has 9 nitrogen and oxygen atoms in total. The minimum absolute atomic E-state index is 0.0682. The number of unbranched alkanes of at least 4 members (excludes halogenated alkanes) is 2. The van der Waals surface area contributed by atoms with Gasteiger partial charge in [-0.2, -0.15) is 0 Å². The van der Waals surface area contributed by atoms with Gasteiger partial charge in [-0.05, 0) is 30.5 Å². The summed E-state index contributed by atoms with van der Waals surface area (Å²) in [6.45, 7) is 0.260. The summed E-state index contributed by atoms with van der Waals surface area (Å²) in [4.78, 5) is 46.6. The number of hydrogen-bond acceptors (Lipinski definition) is 6. The molecule has 1 aliphatic rings. The van der Waals surface area contributed by atoms with E-state index in [-0.39, 0.29) is 42.2 Å². The molecule has 0 aromatic heterocycles. The van der Waals surface area contributed by atoms with Gasteiger partial charge in [0.05, 0.1) is 5.69 Å². The number of hydrogen-bond donors (Lipinski definition) is 3. The monoisotopic (exact) mass is 375 g/mol. The van der Waals surface area contributed by atoms with Crippen LogP contribution in [0.4, 0.5) is 10.5 Å². The lowest BCUT2D eigenvalue weighted by atomic mass is 10.1. The number of nitrogens with two attached hydrogens (primary N) is 1. The molecule has 1 aromatic rings.